The number of halogens is 2. The van der Waals surface area contributed by atoms with Gasteiger partial charge in [0.1, 0.15) is 17.4 Å². The zero-order valence-electron chi connectivity index (χ0n) is 17.4. The van der Waals surface area contributed by atoms with Crippen molar-refractivity contribution in [3.05, 3.63) is 101 Å². The van der Waals surface area contributed by atoms with Crippen LogP contribution in [0.1, 0.15) is 40.2 Å². The number of piperidine rings is 1. The fourth-order valence-electron chi connectivity index (χ4n) is 4.43. The molecule has 4 rings (SSSR count). The Morgan fingerprint density at radius 3 is 1.77 bits per heavy atom. The molecule has 1 fully saturated rings. The number of rotatable bonds is 5. The first-order valence-corrected chi connectivity index (χ1v) is 10.5. The van der Waals surface area contributed by atoms with Crippen molar-refractivity contribution >= 4 is 5.91 Å². The van der Waals surface area contributed by atoms with Crippen LogP contribution < -0.4 is 4.74 Å². The summed E-state index contributed by atoms with van der Waals surface area (Å²) in [4.78, 5) is 14.8. The largest absolute Gasteiger partial charge is 0.497 e. The van der Waals surface area contributed by atoms with Crippen LogP contribution in [0.5, 0.6) is 5.75 Å². The number of likely N-dealkylation sites (tertiary alicyclic amines) is 1. The van der Waals surface area contributed by atoms with Crippen molar-refractivity contribution in [1.29, 1.82) is 0 Å². The number of benzene rings is 3. The molecule has 1 saturated heterocycles. The number of carbonyl (C=O) groups excluding carboxylic acids is 1. The minimum absolute atomic E-state index is 0.0150. The van der Waals surface area contributed by atoms with Gasteiger partial charge in [-0.15, -0.1) is 0 Å². The molecule has 3 nitrogen and oxygen atoms in total. The first-order chi connectivity index (χ1) is 15.0. The van der Waals surface area contributed by atoms with E-state index in [1.54, 1.807) is 55.6 Å². The van der Waals surface area contributed by atoms with Crippen molar-refractivity contribution in [2.45, 2.75) is 18.8 Å². The van der Waals surface area contributed by atoms with E-state index in [1.165, 1.54) is 24.3 Å². The first kappa shape index (κ1) is 21.0. The quantitative estimate of drug-likeness (QED) is 0.532. The molecule has 0 aromatic heterocycles. The third-order valence-corrected chi connectivity index (χ3v) is 6.09. The molecule has 0 atom stereocenters. The molecule has 3 aromatic rings. The number of hydrogen-bond donors (Lipinski definition) is 0. The predicted octanol–water partition coefficient (Wildman–Crippen LogP) is 5.66. The molecule has 3 aromatic carbocycles. The summed E-state index contributed by atoms with van der Waals surface area (Å²) in [6.07, 6.45) is 1.64. The number of amides is 1. The summed E-state index contributed by atoms with van der Waals surface area (Å²) >= 11 is 0. The molecule has 1 aliphatic heterocycles. The second-order valence-electron chi connectivity index (χ2n) is 7.94. The number of hydrogen-bond acceptors (Lipinski definition) is 2. The highest BCUT2D eigenvalue weighted by Crippen LogP contribution is 2.38. The molecule has 0 N–H and O–H groups in total. The Morgan fingerprint density at radius 2 is 1.32 bits per heavy atom. The van der Waals surface area contributed by atoms with Gasteiger partial charge in [0.05, 0.1) is 7.11 Å². The summed E-state index contributed by atoms with van der Waals surface area (Å²) in [7, 11) is 1.60. The number of nitrogens with zero attached hydrogens (tertiary/aromatic N) is 1. The lowest BCUT2D eigenvalue weighted by Gasteiger charge is -2.36. The van der Waals surface area contributed by atoms with Gasteiger partial charge in [-0.3, -0.25) is 4.79 Å². The lowest BCUT2D eigenvalue weighted by atomic mass is 9.76. The van der Waals surface area contributed by atoms with Crippen molar-refractivity contribution in [2.75, 3.05) is 20.2 Å². The van der Waals surface area contributed by atoms with Gasteiger partial charge in [0.2, 0.25) is 0 Å². The molecule has 31 heavy (non-hydrogen) atoms. The van der Waals surface area contributed by atoms with Crippen LogP contribution in [0.3, 0.4) is 0 Å². The maximum absolute atomic E-state index is 13.5. The van der Waals surface area contributed by atoms with Gasteiger partial charge in [-0.2, -0.15) is 0 Å². The fourth-order valence-corrected chi connectivity index (χ4v) is 4.43. The molecule has 5 heteroatoms. The summed E-state index contributed by atoms with van der Waals surface area (Å²) < 4.78 is 32.2. The average Bonchev–Trinajstić information content (AvgIpc) is 2.82. The van der Waals surface area contributed by atoms with Crippen LogP contribution in [0.4, 0.5) is 8.78 Å². The topological polar surface area (TPSA) is 29.5 Å². The van der Waals surface area contributed by atoms with E-state index in [9.17, 15) is 13.6 Å². The number of ether oxygens (including phenoxy) is 1. The van der Waals surface area contributed by atoms with E-state index in [0.29, 0.717) is 18.7 Å². The van der Waals surface area contributed by atoms with Crippen molar-refractivity contribution < 1.29 is 18.3 Å². The van der Waals surface area contributed by atoms with E-state index in [1.807, 2.05) is 4.90 Å². The van der Waals surface area contributed by atoms with Crippen LogP contribution in [-0.4, -0.2) is 31.0 Å². The maximum Gasteiger partial charge on any atom is 0.253 e. The third kappa shape index (κ3) is 4.76. The zero-order chi connectivity index (χ0) is 21.8. The van der Waals surface area contributed by atoms with Crippen LogP contribution >= 0.6 is 0 Å². The summed E-state index contributed by atoms with van der Waals surface area (Å²) in [6.45, 7) is 1.29. The summed E-state index contributed by atoms with van der Waals surface area (Å²) in [5, 5.41) is 0. The standard InChI is InChI=1S/C26H25F2NO2/c1-31-24-12-6-21(7-13-24)26(30)29-16-14-20(15-17-29)25(18-2-8-22(27)9-3-18)19-4-10-23(28)11-5-19/h2-13,20,25H,14-17H2,1H3. The van der Waals surface area contributed by atoms with Crippen LogP contribution in [0.25, 0.3) is 0 Å². The van der Waals surface area contributed by atoms with Crippen molar-refractivity contribution in [2.24, 2.45) is 5.92 Å². The smallest absolute Gasteiger partial charge is 0.253 e. The normalized spacial score (nSPS) is 14.6. The second-order valence-corrected chi connectivity index (χ2v) is 7.94. The van der Waals surface area contributed by atoms with E-state index < -0.39 is 0 Å². The molecular formula is C26H25F2NO2. The minimum Gasteiger partial charge on any atom is -0.497 e. The molecule has 1 amide bonds. The number of methoxy groups -OCH3 is 1. The molecule has 0 aliphatic carbocycles. The van der Waals surface area contributed by atoms with E-state index in [2.05, 4.69) is 0 Å². The SMILES string of the molecule is COc1ccc(C(=O)N2CCC(C(c3ccc(F)cc3)c3ccc(F)cc3)CC2)cc1. The highest BCUT2D eigenvalue weighted by atomic mass is 19.1. The Bertz CT molecular complexity index is 963. The van der Waals surface area contributed by atoms with E-state index in [-0.39, 0.29) is 29.4 Å². The average molecular weight is 421 g/mol. The Kier molecular flexibility index (Phi) is 6.31. The first-order valence-electron chi connectivity index (χ1n) is 10.5. The van der Waals surface area contributed by atoms with E-state index in [0.717, 1.165) is 29.7 Å². The maximum atomic E-state index is 13.5. The van der Waals surface area contributed by atoms with Gasteiger partial charge < -0.3 is 9.64 Å². The summed E-state index contributed by atoms with van der Waals surface area (Å²) in [6, 6.07) is 20.2. The Morgan fingerprint density at radius 1 is 0.839 bits per heavy atom. The monoisotopic (exact) mass is 421 g/mol. The van der Waals surface area contributed by atoms with E-state index in [4.69, 9.17) is 4.74 Å². The van der Waals surface area contributed by atoms with Gasteiger partial charge in [-0.1, -0.05) is 24.3 Å². The molecule has 1 heterocycles. The Labute approximate surface area is 181 Å². The predicted molar refractivity (Wildman–Crippen MR) is 116 cm³/mol. The van der Waals surface area contributed by atoms with Crippen LogP contribution in [0, 0.1) is 17.6 Å². The van der Waals surface area contributed by atoms with Crippen molar-refractivity contribution in [3.8, 4) is 5.75 Å². The minimum atomic E-state index is -0.276. The van der Waals surface area contributed by atoms with Gasteiger partial charge >= 0.3 is 0 Å². The van der Waals surface area contributed by atoms with E-state index >= 15 is 0 Å². The summed E-state index contributed by atoms with van der Waals surface area (Å²) in [5.74, 6) is 0.483. The summed E-state index contributed by atoms with van der Waals surface area (Å²) in [5.41, 5.74) is 2.66. The molecule has 0 radical (unpaired) electrons. The van der Waals surface area contributed by atoms with Gasteiger partial charge in [0, 0.05) is 24.6 Å². The van der Waals surface area contributed by atoms with Crippen molar-refractivity contribution in [3.63, 3.8) is 0 Å². The lowest BCUT2D eigenvalue weighted by molar-refractivity contribution is 0.0683. The molecule has 1 aliphatic rings. The zero-order valence-corrected chi connectivity index (χ0v) is 17.4. The van der Waals surface area contributed by atoms with Crippen molar-refractivity contribution in [1.82, 2.24) is 4.90 Å². The highest BCUT2D eigenvalue weighted by Gasteiger charge is 2.31. The van der Waals surface area contributed by atoms with Gasteiger partial charge in [-0.05, 0) is 78.4 Å². The molecule has 0 bridgehead atoms. The molecule has 160 valence electrons. The van der Waals surface area contributed by atoms with Gasteiger partial charge in [0.15, 0.2) is 0 Å². The third-order valence-electron chi connectivity index (χ3n) is 6.09. The fraction of sp³-hybridized carbons (Fsp3) is 0.269. The number of carbonyl (C=O) groups is 1. The molecular weight excluding hydrogens is 396 g/mol. The van der Waals surface area contributed by atoms with Crippen LogP contribution in [0.2, 0.25) is 0 Å². The Balaban J connectivity index is 1.51. The van der Waals surface area contributed by atoms with Gasteiger partial charge in [-0.25, -0.2) is 8.78 Å². The lowest BCUT2D eigenvalue weighted by Crippen LogP contribution is -2.39. The molecule has 0 spiro atoms. The molecule has 0 saturated carbocycles. The van der Waals surface area contributed by atoms with Gasteiger partial charge in [0.25, 0.3) is 5.91 Å². The van der Waals surface area contributed by atoms with Crippen LogP contribution in [-0.2, 0) is 0 Å². The molecule has 0 unspecified atom stereocenters. The second kappa shape index (κ2) is 9.29. The Hall–Kier alpha value is -3.21. The highest BCUT2D eigenvalue weighted by molar-refractivity contribution is 5.94. The van der Waals surface area contributed by atoms with Crippen LogP contribution in [0.15, 0.2) is 72.8 Å².